The summed E-state index contributed by atoms with van der Waals surface area (Å²) in [6.07, 6.45) is 0.437. The number of hydrogen-bond donors (Lipinski definition) is 1. The second kappa shape index (κ2) is 12.9. The van der Waals surface area contributed by atoms with E-state index in [0.29, 0.717) is 25.3 Å². The van der Waals surface area contributed by atoms with Gasteiger partial charge in [0, 0.05) is 25.3 Å². The fourth-order valence-corrected chi connectivity index (χ4v) is 4.64. The van der Waals surface area contributed by atoms with Crippen LogP contribution in [0.3, 0.4) is 0 Å². The number of halogens is 1. The molecule has 0 heterocycles. The van der Waals surface area contributed by atoms with Crippen LogP contribution in [0.1, 0.15) is 29.2 Å². The fraction of sp³-hybridized carbons (Fsp3) is 0.286. The molecule has 1 N–H and O–H groups in total. The van der Waals surface area contributed by atoms with Gasteiger partial charge < -0.3 is 10.2 Å². The molecule has 3 aromatic rings. The van der Waals surface area contributed by atoms with Crippen LogP contribution < -0.4 is 5.32 Å². The smallest absolute Gasteiger partial charge is 0.243 e. The Hall–Kier alpha value is -3.12. The summed E-state index contributed by atoms with van der Waals surface area (Å²) in [5.74, 6) is 0.291. The summed E-state index contributed by atoms with van der Waals surface area (Å²) in [7, 11) is 0. The van der Waals surface area contributed by atoms with Gasteiger partial charge in [0.15, 0.2) is 0 Å². The van der Waals surface area contributed by atoms with Crippen LogP contribution in [0.25, 0.3) is 0 Å². The second-order valence-electron chi connectivity index (χ2n) is 8.23. The fourth-order valence-electron chi connectivity index (χ4n) is 3.77. The van der Waals surface area contributed by atoms with Crippen LogP contribution in [0.5, 0.6) is 0 Å². The highest BCUT2D eigenvalue weighted by atomic mass is 32.2. The summed E-state index contributed by atoms with van der Waals surface area (Å²) >= 11 is 1.47. The zero-order valence-electron chi connectivity index (χ0n) is 19.7. The maximum Gasteiger partial charge on any atom is 0.243 e. The van der Waals surface area contributed by atoms with Crippen molar-refractivity contribution in [3.63, 3.8) is 0 Å². The summed E-state index contributed by atoms with van der Waals surface area (Å²) in [4.78, 5) is 28.3. The first-order chi connectivity index (χ1) is 16.5. The first-order valence-corrected chi connectivity index (χ1v) is 12.6. The van der Waals surface area contributed by atoms with E-state index in [4.69, 9.17) is 0 Å². The van der Waals surface area contributed by atoms with Gasteiger partial charge in [0.25, 0.3) is 0 Å². The molecular formula is C28H31FN2O2S. The maximum absolute atomic E-state index is 13.5. The van der Waals surface area contributed by atoms with Crippen LogP contribution in [0.4, 0.5) is 4.39 Å². The molecule has 0 radical (unpaired) electrons. The largest absolute Gasteiger partial charge is 0.355 e. The maximum atomic E-state index is 13.5. The molecule has 0 spiro atoms. The van der Waals surface area contributed by atoms with Gasteiger partial charge in [0.1, 0.15) is 11.9 Å². The van der Waals surface area contributed by atoms with Gasteiger partial charge in [-0.2, -0.15) is 0 Å². The number of hydrogen-bond acceptors (Lipinski definition) is 3. The van der Waals surface area contributed by atoms with Crippen LogP contribution >= 0.6 is 11.8 Å². The molecule has 3 aromatic carbocycles. The highest BCUT2D eigenvalue weighted by Crippen LogP contribution is 2.19. The van der Waals surface area contributed by atoms with E-state index in [0.717, 1.165) is 22.3 Å². The minimum Gasteiger partial charge on any atom is -0.355 e. The van der Waals surface area contributed by atoms with Crippen molar-refractivity contribution in [3.05, 3.63) is 107 Å². The second-order valence-corrected chi connectivity index (χ2v) is 9.22. The van der Waals surface area contributed by atoms with Gasteiger partial charge in [-0.25, -0.2) is 4.39 Å². The Morgan fingerprint density at radius 3 is 2.32 bits per heavy atom. The molecule has 0 aliphatic carbocycles. The molecule has 4 nitrogen and oxygen atoms in total. The molecule has 0 saturated carbocycles. The number of rotatable bonds is 11. The van der Waals surface area contributed by atoms with E-state index in [2.05, 4.69) is 5.32 Å². The number of benzene rings is 3. The van der Waals surface area contributed by atoms with E-state index >= 15 is 0 Å². The van der Waals surface area contributed by atoms with Crippen LogP contribution in [0, 0.1) is 12.7 Å². The van der Waals surface area contributed by atoms with Crippen LogP contribution in [-0.4, -0.2) is 35.1 Å². The monoisotopic (exact) mass is 478 g/mol. The number of amides is 2. The standard InChI is InChI=1S/C28H31FN2O2S/c1-3-30-28(33)26(17-22-9-5-4-6-10-22)31(18-24-11-7-8-21(2)16-24)27(32)20-34-19-23-12-14-25(29)15-13-23/h4-16,26H,3,17-20H2,1-2H3,(H,30,33)/t26-/m1/s1. The minimum absolute atomic E-state index is 0.0965. The van der Waals surface area contributed by atoms with Crippen molar-refractivity contribution in [2.45, 2.75) is 38.6 Å². The lowest BCUT2D eigenvalue weighted by atomic mass is 10.0. The van der Waals surface area contributed by atoms with Crippen molar-refractivity contribution in [3.8, 4) is 0 Å². The van der Waals surface area contributed by atoms with Crippen molar-refractivity contribution in [2.24, 2.45) is 0 Å². The molecule has 0 fully saturated rings. The molecule has 0 aliphatic heterocycles. The number of nitrogens with zero attached hydrogens (tertiary/aromatic N) is 1. The Morgan fingerprint density at radius 1 is 0.941 bits per heavy atom. The lowest BCUT2D eigenvalue weighted by Gasteiger charge is -2.31. The Kier molecular flexibility index (Phi) is 9.71. The summed E-state index contributed by atoms with van der Waals surface area (Å²) in [5, 5.41) is 2.91. The molecule has 0 unspecified atom stereocenters. The quantitative estimate of drug-likeness (QED) is 0.415. The summed E-state index contributed by atoms with van der Waals surface area (Å²) in [6.45, 7) is 4.74. The van der Waals surface area contributed by atoms with Crippen LogP contribution in [0.2, 0.25) is 0 Å². The molecule has 1 atom stereocenters. The number of aryl methyl sites for hydroxylation is 1. The highest BCUT2D eigenvalue weighted by Gasteiger charge is 2.30. The molecule has 6 heteroatoms. The first kappa shape index (κ1) is 25.5. The summed E-state index contributed by atoms with van der Waals surface area (Å²) in [6, 6.07) is 23.5. The average molecular weight is 479 g/mol. The minimum atomic E-state index is -0.623. The number of carbonyl (C=O) groups is 2. The Bertz CT molecular complexity index is 1070. The Balaban J connectivity index is 1.81. The molecule has 178 valence electrons. The number of carbonyl (C=O) groups excluding carboxylic acids is 2. The van der Waals surface area contributed by atoms with E-state index < -0.39 is 6.04 Å². The van der Waals surface area contributed by atoms with E-state index in [1.165, 1.54) is 23.9 Å². The lowest BCUT2D eigenvalue weighted by Crippen LogP contribution is -2.51. The van der Waals surface area contributed by atoms with E-state index in [1.807, 2.05) is 68.4 Å². The van der Waals surface area contributed by atoms with Crippen molar-refractivity contribution >= 4 is 23.6 Å². The van der Waals surface area contributed by atoms with Gasteiger partial charge in [0.2, 0.25) is 11.8 Å². The van der Waals surface area contributed by atoms with Crippen molar-refractivity contribution < 1.29 is 14.0 Å². The van der Waals surface area contributed by atoms with Crippen LogP contribution in [-0.2, 0) is 28.3 Å². The predicted octanol–water partition coefficient (Wildman–Crippen LogP) is 5.14. The lowest BCUT2D eigenvalue weighted by molar-refractivity contribution is -0.139. The summed E-state index contributed by atoms with van der Waals surface area (Å²) in [5.41, 5.74) is 4.04. The van der Waals surface area contributed by atoms with Gasteiger partial charge in [-0.05, 0) is 42.7 Å². The van der Waals surface area contributed by atoms with E-state index in [9.17, 15) is 14.0 Å². The summed E-state index contributed by atoms with van der Waals surface area (Å²) < 4.78 is 13.2. The van der Waals surface area contributed by atoms with Gasteiger partial charge in [-0.15, -0.1) is 11.8 Å². The third kappa shape index (κ3) is 7.73. The molecule has 3 rings (SSSR count). The Labute approximate surface area is 205 Å². The van der Waals surface area contributed by atoms with E-state index in [1.54, 1.807) is 17.0 Å². The number of thioether (sulfide) groups is 1. The Morgan fingerprint density at radius 2 is 1.65 bits per heavy atom. The third-order valence-corrected chi connectivity index (χ3v) is 6.45. The third-order valence-electron chi connectivity index (χ3n) is 5.47. The average Bonchev–Trinajstić information content (AvgIpc) is 2.83. The zero-order chi connectivity index (χ0) is 24.3. The van der Waals surface area contributed by atoms with Crippen LogP contribution in [0.15, 0.2) is 78.9 Å². The van der Waals surface area contributed by atoms with Gasteiger partial charge in [-0.1, -0.05) is 72.3 Å². The molecule has 34 heavy (non-hydrogen) atoms. The van der Waals surface area contributed by atoms with E-state index in [-0.39, 0.29) is 23.4 Å². The molecule has 0 aromatic heterocycles. The van der Waals surface area contributed by atoms with Gasteiger partial charge in [-0.3, -0.25) is 9.59 Å². The highest BCUT2D eigenvalue weighted by molar-refractivity contribution is 7.99. The normalized spacial score (nSPS) is 11.6. The van der Waals surface area contributed by atoms with Crippen molar-refractivity contribution in [2.75, 3.05) is 12.3 Å². The molecule has 0 aliphatic rings. The van der Waals surface area contributed by atoms with Crippen molar-refractivity contribution in [1.29, 1.82) is 0 Å². The zero-order valence-corrected chi connectivity index (χ0v) is 20.5. The molecule has 0 saturated heterocycles. The number of likely N-dealkylation sites (N-methyl/N-ethyl adjacent to an activating group) is 1. The first-order valence-electron chi connectivity index (χ1n) is 11.4. The predicted molar refractivity (Wildman–Crippen MR) is 137 cm³/mol. The van der Waals surface area contributed by atoms with Gasteiger partial charge in [0.05, 0.1) is 5.75 Å². The SMILES string of the molecule is CCNC(=O)[C@@H](Cc1ccccc1)N(Cc1cccc(C)c1)C(=O)CSCc1ccc(F)cc1. The topological polar surface area (TPSA) is 49.4 Å². The number of nitrogens with one attached hydrogen (secondary N) is 1. The van der Waals surface area contributed by atoms with Crippen molar-refractivity contribution in [1.82, 2.24) is 10.2 Å². The molecular weight excluding hydrogens is 447 g/mol. The molecule has 0 bridgehead atoms. The molecule has 2 amide bonds. The van der Waals surface area contributed by atoms with Gasteiger partial charge >= 0.3 is 0 Å².